The van der Waals surface area contributed by atoms with E-state index >= 15 is 0 Å². The summed E-state index contributed by atoms with van der Waals surface area (Å²) in [4.78, 5) is 10.7. The Labute approximate surface area is 148 Å². The molecule has 0 unspecified atom stereocenters. The predicted octanol–water partition coefficient (Wildman–Crippen LogP) is 5.15. The third-order valence-electron chi connectivity index (χ3n) is 4.02. The lowest BCUT2D eigenvalue weighted by Gasteiger charge is -2.34. The molecule has 4 heteroatoms. The molecule has 2 heterocycles. The van der Waals surface area contributed by atoms with Crippen LogP contribution in [0.4, 0.5) is 11.4 Å². The Morgan fingerprint density at radius 2 is 1.88 bits per heavy atom. The van der Waals surface area contributed by atoms with E-state index < -0.39 is 0 Å². The van der Waals surface area contributed by atoms with Crippen molar-refractivity contribution in [3.8, 4) is 5.75 Å². The van der Waals surface area contributed by atoms with Crippen molar-refractivity contribution in [3.63, 3.8) is 0 Å². The van der Waals surface area contributed by atoms with Gasteiger partial charge in [0.25, 0.3) is 0 Å². The van der Waals surface area contributed by atoms with Crippen LogP contribution in [0, 0.1) is 20.8 Å². The molecule has 2 aromatic rings. The van der Waals surface area contributed by atoms with E-state index in [4.69, 9.17) is 4.74 Å². The average Bonchev–Trinajstić information content (AvgIpc) is 2.58. The molecule has 1 aliphatic rings. The summed E-state index contributed by atoms with van der Waals surface area (Å²) in [7, 11) is 0. The van der Waals surface area contributed by atoms with Crippen molar-refractivity contribution in [2.24, 2.45) is 4.99 Å². The molecule has 0 saturated heterocycles. The van der Waals surface area contributed by atoms with Crippen molar-refractivity contribution in [2.75, 3.05) is 4.90 Å². The second-order valence-corrected chi connectivity index (χ2v) is 5.94. The number of aryl methyl sites for hydroxylation is 3. The van der Waals surface area contributed by atoms with E-state index in [-0.39, 0.29) is 0 Å². The first kappa shape index (κ1) is 16.7. The monoisotopic (exact) mass is 331 g/mol. The van der Waals surface area contributed by atoms with E-state index in [0.29, 0.717) is 11.6 Å². The molecule has 0 saturated carbocycles. The van der Waals surface area contributed by atoms with Gasteiger partial charge in [-0.2, -0.15) is 0 Å². The molecule has 1 aromatic heterocycles. The van der Waals surface area contributed by atoms with Crippen LogP contribution >= 0.6 is 0 Å². The highest BCUT2D eigenvalue weighted by molar-refractivity contribution is 5.81. The van der Waals surface area contributed by atoms with Crippen LogP contribution in [0.5, 0.6) is 5.75 Å². The first-order chi connectivity index (χ1) is 12.1. The maximum Gasteiger partial charge on any atom is 0.243 e. The number of hydrogen-bond acceptors (Lipinski definition) is 4. The van der Waals surface area contributed by atoms with Gasteiger partial charge in [-0.05, 0) is 44.0 Å². The van der Waals surface area contributed by atoms with Crippen LogP contribution in [0.1, 0.15) is 16.7 Å². The van der Waals surface area contributed by atoms with Gasteiger partial charge in [0.15, 0.2) is 5.75 Å². The van der Waals surface area contributed by atoms with Gasteiger partial charge >= 0.3 is 0 Å². The second kappa shape index (κ2) is 6.77. The molecular formula is C21H21N3O. The topological polar surface area (TPSA) is 37.7 Å². The van der Waals surface area contributed by atoms with Crippen LogP contribution in [0.2, 0.25) is 0 Å². The van der Waals surface area contributed by atoms with Crippen molar-refractivity contribution in [1.82, 2.24) is 4.98 Å². The van der Waals surface area contributed by atoms with Crippen LogP contribution in [0.15, 0.2) is 72.5 Å². The smallest absolute Gasteiger partial charge is 0.243 e. The van der Waals surface area contributed by atoms with Gasteiger partial charge in [0.1, 0.15) is 5.70 Å². The Morgan fingerprint density at radius 3 is 2.52 bits per heavy atom. The SMILES string of the molecule is C=C/C=N\C1=C(C=C)N(c2c(C)cc(C)cc2C)c2ccncc2O1. The quantitative estimate of drug-likeness (QED) is 0.727. The minimum Gasteiger partial charge on any atom is -0.433 e. The Balaban J connectivity index is 2.31. The zero-order valence-corrected chi connectivity index (χ0v) is 14.8. The molecule has 4 nitrogen and oxygen atoms in total. The van der Waals surface area contributed by atoms with Crippen molar-refractivity contribution < 1.29 is 4.74 Å². The molecule has 0 bridgehead atoms. The Morgan fingerprint density at radius 1 is 1.16 bits per heavy atom. The van der Waals surface area contributed by atoms with Crippen LogP contribution in [0.25, 0.3) is 0 Å². The molecule has 0 N–H and O–H groups in total. The lowest BCUT2D eigenvalue weighted by atomic mass is 10.0. The molecule has 126 valence electrons. The lowest BCUT2D eigenvalue weighted by molar-refractivity contribution is 0.406. The summed E-state index contributed by atoms with van der Waals surface area (Å²) in [5, 5.41) is 0. The fraction of sp³-hybridized carbons (Fsp3) is 0.143. The van der Waals surface area contributed by atoms with Gasteiger partial charge in [-0.15, -0.1) is 0 Å². The van der Waals surface area contributed by atoms with Crippen LogP contribution in [-0.4, -0.2) is 11.2 Å². The number of aliphatic imine (C=N–C) groups is 1. The van der Waals surface area contributed by atoms with Crippen molar-refractivity contribution in [1.29, 1.82) is 0 Å². The summed E-state index contributed by atoms with van der Waals surface area (Å²) in [5.74, 6) is 1.12. The second-order valence-electron chi connectivity index (χ2n) is 5.94. The van der Waals surface area contributed by atoms with E-state index in [1.165, 1.54) is 16.7 Å². The average molecular weight is 331 g/mol. The molecule has 1 aliphatic heterocycles. The first-order valence-corrected chi connectivity index (χ1v) is 8.08. The van der Waals surface area contributed by atoms with Gasteiger partial charge in [0, 0.05) is 12.4 Å². The number of anilines is 2. The van der Waals surface area contributed by atoms with Crippen LogP contribution in [0.3, 0.4) is 0 Å². The summed E-state index contributed by atoms with van der Waals surface area (Å²) in [6, 6.07) is 6.28. The molecule has 0 spiro atoms. The Bertz CT molecular complexity index is 886. The maximum atomic E-state index is 5.95. The highest BCUT2D eigenvalue weighted by Crippen LogP contribution is 2.44. The number of nitrogens with zero attached hydrogens (tertiary/aromatic N) is 3. The number of ether oxygens (including phenoxy) is 1. The molecule has 0 fully saturated rings. The third-order valence-corrected chi connectivity index (χ3v) is 4.02. The summed E-state index contributed by atoms with van der Waals surface area (Å²) in [6.45, 7) is 14.0. The summed E-state index contributed by atoms with van der Waals surface area (Å²) in [6.07, 6.45) is 8.44. The Kier molecular flexibility index (Phi) is 4.52. The van der Waals surface area contributed by atoms with Gasteiger partial charge in [0.2, 0.25) is 5.88 Å². The molecule has 3 rings (SSSR count). The lowest BCUT2D eigenvalue weighted by Crippen LogP contribution is -2.24. The van der Waals surface area contributed by atoms with Gasteiger partial charge < -0.3 is 9.64 Å². The summed E-state index contributed by atoms with van der Waals surface area (Å²) < 4.78 is 5.95. The third kappa shape index (κ3) is 2.98. The fourth-order valence-corrected chi connectivity index (χ4v) is 3.18. The molecular weight excluding hydrogens is 310 g/mol. The number of allylic oxidation sites excluding steroid dienone is 2. The molecule has 0 radical (unpaired) electrons. The Hall–Kier alpha value is -3.14. The largest absolute Gasteiger partial charge is 0.433 e. The zero-order valence-electron chi connectivity index (χ0n) is 14.8. The number of rotatable bonds is 4. The highest BCUT2D eigenvalue weighted by atomic mass is 16.5. The highest BCUT2D eigenvalue weighted by Gasteiger charge is 2.28. The fourth-order valence-electron chi connectivity index (χ4n) is 3.18. The van der Waals surface area contributed by atoms with Gasteiger partial charge in [0.05, 0.1) is 17.6 Å². The van der Waals surface area contributed by atoms with Gasteiger partial charge in [-0.1, -0.05) is 36.9 Å². The van der Waals surface area contributed by atoms with Gasteiger partial charge in [-0.25, -0.2) is 4.99 Å². The van der Waals surface area contributed by atoms with E-state index in [2.05, 4.69) is 60.9 Å². The zero-order chi connectivity index (χ0) is 18.0. The predicted molar refractivity (Wildman–Crippen MR) is 104 cm³/mol. The van der Waals surface area contributed by atoms with Crippen LogP contribution < -0.4 is 9.64 Å². The standard InChI is InChI=1S/C21H21N3O/c1-6-9-23-21-17(7-2)24(18-8-10-22-13-19(18)25-21)20-15(4)11-14(3)12-16(20)5/h6-13H,1-2H2,3-5H3/b23-9-. The molecule has 0 atom stereocenters. The minimum absolute atomic E-state index is 0.467. The number of hydrogen-bond donors (Lipinski definition) is 0. The van der Waals surface area contributed by atoms with E-state index in [9.17, 15) is 0 Å². The number of fused-ring (bicyclic) bond motifs is 1. The van der Waals surface area contributed by atoms with E-state index in [1.54, 1.807) is 30.8 Å². The molecule has 0 amide bonds. The summed E-state index contributed by atoms with van der Waals surface area (Å²) >= 11 is 0. The molecule has 1 aromatic carbocycles. The van der Waals surface area contributed by atoms with Crippen LogP contribution in [-0.2, 0) is 0 Å². The normalized spacial score (nSPS) is 13.6. The minimum atomic E-state index is 0.467. The maximum absolute atomic E-state index is 5.95. The first-order valence-electron chi connectivity index (χ1n) is 8.08. The number of benzene rings is 1. The van der Waals surface area contributed by atoms with Crippen molar-refractivity contribution in [3.05, 3.63) is 84.2 Å². The number of pyridine rings is 1. The van der Waals surface area contributed by atoms with Crippen molar-refractivity contribution in [2.45, 2.75) is 20.8 Å². The summed E-state index contributed by atoms with van der Waals surface area (Å²) in [5.41, 5.74) is 6.38. The number of aromatic nitrogens is 1. The molecule has 0 aliphatic carbocycles. The van der Waals surface area contributed by atoms with Crippen molar-refractivity contribution >= 4 is 17.6 Å². The van der Waals surface area contributed by atoms with E-state index in [0.717, 1.165) is 17.1 Å². The molecule has 25 heavy (non-hydrogen) atoms. The van der Waals surface area contributed by atoms with E-state index in [1.807, 2.05) is 6.07 Å². The van der Waals surface area contributed by atoms with Gasteiger partial charge in [-0.3, -0.25) is 4.98 Å².